The smallest absolute Gasteiger partial charge is 0.164 e. The second kappa shape index (κ2) is 28.9. The first kappa shape index (κ1) is 69.8. The van der Waals surface area contributed by atoms with E-state index < -0.39 is 5.82 Å². The molecular weight excluding hydrogens is 1500 g/mol. The zero-order valence-corrected chi connectivity index (χ0v) is 64.9. The molecule has 0 saturated heterocycles. The number of benzene rings is 16. The molecule has 8 aromatic heterocycles. The Balaban J connectivity index is 0.000000119. The topological polar surface area (TPSA) is 155 Å². The van der Waals surface area contributed by atoms with Gasteiger partial charge in [0.1, 0.15) is 18.0 Å². The monoisotopic (exact) mass is 1560 g/mol. The van der Waals surface area contributed by atoms with Crippen molar-refractivity contribution >= 4 is 150 Å². The number of nitrogens with zero attached hydrogens (tertiary/aromatic N) is 11. The van der Waals surface area contributed by atoms with E-state index in [9.17, 15) is 14.9 Å². The highest BCUT2D eigenvalue weighted by atomic mass is 32.1. The fraction of sp³-hybridized carbons (Fsp3) is 0. The van der Waals surface area contributed by atoms with Crippen LogP contribution in [0.3, 0.4) is 0 Å². The number of H-pyrrole nitrogens is 1. The summed E-state index contributed by atoms with van der Waals surface area (Å²) in [6.07, 6.45) is 0. The van der Waals surface area contributed by atoms with Crippen LogP contribution in [0.4, 0.5) is 4.39 Å². The second-order valence-corrected chi connectivity index (χ2v) is 31.4. The maximum absolute atomic E-state index is 13.9. The summed E-state index contributed by atoms with van der Waals surface area (Å²) in [6, 6.07) is 128. The standard InChI is InChI=1S/C52H30N6S.C28H15FN4S.C24H16N2/c53-31-35-29-33(51-54-50(32-13-3-1-4-14-32)55-52(56-51)34-24-28-47-41(30-34)38-18-9-12-22-46(38)59-47)23-26-42(35)58-43-20-10-7-17-37(43)39-25-27-45-48(49(39)58)40-19-8-11-21-44(40)57(45)36-15-5-2-6-16-36;29-23-12-10-18(14-20(23)16-30)27-31-26(17-6-2-1-3-7-17)32-28(33-27)19-11-13-25-22(15-19)21-8-4-5-9-24(21)34-25;1-2-8-16(9-3-1)26-21-13-7-5-11-19(21)23-22(26)15-14-18-17-10-4-6-12-20(17)25-24(18)23/h1-30H;1-15H;1-15,25H. The molecule has 0 aliphatic carbocycles. The largest absolute Gasteiger partial charge is 0.354 e. The van der Waals surface area contributed by atoms with Crippen molar-refractivity contribution in [1.82, 2.24) is 48.6 Å². The number of hydrogen-bond acceptors (Lipinski definition) is 10. The second-order valence-electron chi connectivity index (χ2n) is 29.3. The van der Waals surface area contributed by atoms with Crippen LogP contribution in [0.2, 0.25) is 0 Å². The molecule has 119 heavy (non-hydrogen) atoms. The Hall–Kier alpha value is -15.9. The fourth-order valence-corrected chi connectivity index (χ4v) is 19.2. The molecule has 0 radical (unpaired) electrons. The lowest BCUT2D eigenvalue weighted by atomic mass is 10.1. The van der Waals surface area contributed by atoms with E-state index in [2.05, 4.69) is 272 Å². The van der Waals surface area contributed by atoms with E-state index >= 15 is 0 Å². The van der Waals surface area contributed by atoms with Crippen molar-refractivity contribution in [2.45, 2.75) is 0 Å². The van der Waals surface area contributed by atoms with Crippen molar-refractivity contribution in [1.29, 1.82) is 10.5 Å². The molecule has 556 valence electrons. The van der Waals surface area contributed by atoms with Gasteiger partial charge >= 0.3 is 0 Å². The number of nitriles is 2. The Bertz CT molecular complexity index is 8300. The van der Waals surface area contributed by atoms with Crippen LogP contribution in [0.1, 0.15) is 11.1 Å². The van der Waals surface area contributed by atoms with Crippen LogP contribution >= 0.6 is 22.7 Å². The molecule has 15 heteroatoms. The molecular formula is C104H61FN12S2. The molecule has 0 spiro atoms. The number of fused-ring (bicyclic) bond motifs is 20. The van der Waals surface area contributed by atoms with Gasteiger partial charge in [0, 0.05) is 134 Å². The van der Waals surface area contributed by atoms with Crippen LogP contribution in [0.15, 0.2) is 364 Å². The first-order chi connectivity index (χ1) is 58.8. The van der Waals surface area contributed by atoms with Crippen LogP contribution in [0, 0.1) is 28.5 Å². The van der Waals surface area contributed by atoms with Gasteiger partial charge in [-0.05, 0) is 146 Å². The van der Waals surface area contributed by atoms with E-state index in [0.717, 1.165) is 88.2 Å². The molecule has 0 bridgehead atoms. The van der Waals surface area contributed by atoms with Gasteiger partial charge in [0.05, 0.1) is 55.4 Å². The molecule has 0 fully saturated rings. The lowest BCUT2D eigenvalue weighted by molar-refractivity contribution is 0.624. The van der Waals surface area contributed by atoms with Gasteiger partial charge in [-0.3, -0.25) is 0 Å². The molecule has 12 nitrogen and oxygen atoms in total. The third kappa shape index (κ3) is 12.0. The molecule has 0 atom stereocenters. The molecule has 8 heterocycles. The molecule has 0 unspecified atom stereocenters. The summed E-state index contributed by atoms with van der Waals surface area (Å²) in [4.78, 5) is 33.0. The maximum atomic E-state index is 13.9. The molecule has 16 aromatic carbocycles. The summed E-state index contributed by atoms with van der Waals surface area (Å²) in [7, 11) is 0. The quantitative estimate of drug-likeness (QED) is 0.150. The molecule has 1 N–H and O–H groups in total. The summed E-state index contributed by atoms with van der Waals surface area (Å²) in [5, 5.41) is 34.7. The number of aromatic nitrogens is 10. The fourth-order valence-electron chi connectivity index (χ4n) is 17.0. The summed E-state index contributed by atoms with van der Waals surface area (Å²) < 4.78 is 25.8. The van der Waals surface area contributed by atoms with Gasteiger partial charge in [0.15, 0.2) is 34.9 Å². The third-order valence-corrected chi connectivity index (χ3v) is 24.7. The summed E-state index contributed by atoms with van der Waals surface area (Å²) in [5.74, 6) is 2.50. The first-order valence-corrected chi connectivity index (χ1v) is 40.7. The predicted molar refractivity (Wildman–Crippen MR) is 486 cm³/mol. The maximum Gasteiger partial charge on any atom is 0.164 e. The number of para-hydroxylation sites is 6. The highest BCUT2D eigenvalue weighted by molar-refractivity contribution is 7.26. The van der Waals surface area contributed by atoms with Gasteiger partial charge in [0.25, 0.3) is 0 Å². The van der Waals surface area contributed by atoms with Crippen molar-refractivity contribution in [3.63, 3.8) is 0 Å². The van der Waals surface area contributed by atoms with Crippen molar-refractivity contribution < 1.29 is 4.39 Å². The number of rotatable bonds is 9. The molecule has 0 saturated carbocycles. The van der Waals surface area contributed by atoms with Crippen molar-refractivity contribution in [3.05, 3.63) is 381 Å². The van der Waals surface area contributed by atoms with Gasteiger partial charge in [-0.2, -0.15) is 10.5 Å². The molecule has 0 aliphatic rings. The summed E-state index contributed by atoms with van der Waals surface area (Å²) in [6.45, 7) is 0. The van der Waals surface area contributed by atoms with Crippen LogP contribution in [0.25, 0.3) is 213 Å². The zero-order chi connectivity index (χ0) is 79.2. The van der Waals surface area contributed by atoms with Gasteiger partial charge in [-0.25, -0.2) is 34.3 Å². The van der Waals surface area contributed by atoms with Crippen LogP contribution in [0.5, 0.6) is 0 Å². The summed E-state index contributed by atoms with van der Waals surface area (Å²) >= 11 is 3.54. The average Bonchev–Trinajstić information content (AvgIpc) is 1.56. The van der Waals surface area contributed by atoms with Gasteiger partial charge < -0.3 is 18.7 Å². The van der Waals surface area contributed by atoms with E-state index in [1.165, 1.54) is 96.4 Å². The first-order valence-electron chi connectivity index (χ1n) is 39.0. The Morgan fingerprint density at radius 3 is 1.17 bits per heavy atom. The van der Waals surface area contributed by atoms with Crippen molar-refractivity contribution in [3.8, 4) is 97.5 Å². The zero-order valence-electron chi connectivity index (χ0n) is 63.3. The average molecular weight is 1560 g/mol. The number of halogens is 1. The predicted octanol–water partition coefficient (Wildman–Crippen LogP) is 27.0. The van der Waals surface area contributed by atoms with Gasteiger partial charge in [0.2, 0.25) is 0 Å². The highest BCUT2D eigenvalue weighted by Gasteiger charge is 2.25. The van der Waals surface area contributed by atoms with Gasteiger partial charge in [-0.1, -0.05) is 218 Å². The van der Waals surface area contributed by atoms with E-state index in [1.54, 1.807) is 28.7 Å². The van der Waals surface area contributed by atoms with Crippen molar-refractivity contribution in [2.24, 2.45) is 0 Å². The molecule has 24 rings (SSSR count). The van der Waals surface area contributed by atoms with Crippen LogP contribution < -0.4 is 0 Å². The van der Waals surface area contributed by atoms with Crippen LogP contribution in [-0.4, -0.2) is 48.6 Å². The number of hydrogen-bond donors (Lipinski definition) is 1. The Morgan fingerprint density at radius 2 is 0.647 bits per heavy atom. The third-order valence-electron chi connectivity index (χ3n) is 22.4. The normalized spacial score (nSPS) is 11.6. The lowest BCUT2D eigenvalue weighted by Gasteiger charge is -2.13. The number of nitrogens with one attached hydrogen (secondary N) is 1. The molecule has 0 amide bonds. The summed E-state index contributed by atoms with van der Waals surface area (Å²) in [5.41, 5.74) is 17.5. The lowest BCUT2D eigenvalue weighted by Crippen LogP contribution is -2.02. The Morgan fingerprint density at radius 1 is 0.269 bits per heavy atom. The van der Waals surface area contributed by atoms with E-state index in [-0.39, 0.29) is 5.56 Å². The Labute approximate surface area is 687 Å². The van der Waals surface area contributed by atoms with Gasteiger partial charge in [-0.15, -0.1) is 22.7 Å². The minimum absolute atomic E-state index is 0.0492. The number of thiophene rings is 2. The Kier molecular flexibility index (Phi) is 16.9. The minimum atomic E-state index is -0.571. The van der Waals surface area contributed by atoms with Crippen LogP contribution in [-0.2, 0) is 0 Å². The van der Waals surface area contributed by atoms with Crippen molar-refractivity contribution in [2.75, 3.05) is 0 Å². The van der Waals surface area contributed by atoms with E-state index in [0.29, 0.717) is 46.1 Å². The minimum Gasteiger partial charge on any atom is -0.354 e. The van der Waals surface area contributed by atoms with E-state index in [1.807, 2.05) is 109 Å². The SMILES string of the molecule is N#Cc1cc(-c2nc(-c3ccccc3)nc(-c3ccc4sc5ccccc5c4c3)n2)ccc1-n1c2ccccc2c2ccc3c(c4ccccc4n3-c3ccccc3)c21.N#Cc1cc(-c2nc(-c3ccccc3)nc(-c3ccc4sc5ccccc5c4c3)n2)ccc1F.c1ccc(-n2c3ccccc3c3c4[nH]c5ccccc5c4ccc32)cc1. The highest BCUT2D eigenvalue weighted by Crippen LogP contribution is 2.46. The number of aromatic amines is 1. The molecule has 0 aliphatic heterocycles. The van der Waals surface area contributed by atoms with E-state index in [4.69, 9.17) is 24.9 Å². The molecule has 24 aromatic rings.